The SMILES string of the molecule is Cc1nc2c(n1C(C)C(N)=O)CCCC2. The van der Waals surface area contributed by atoms with Gasteiger partial charge in [0.2, 0.25) is 5.91 Å². The van der Waals surface area contributed by atoms with Gasteiger partial charge in [-0.3, -0.25) is 4.79 Å². The average Bonchev–Trinajstić information content (AvgIpc) is 2.52. The molecule has 4 heteroatoms. The smallest absolute Gasteiger partial charge is 0.240 e. The lowest BCUT2D eigenvalue weighted by Gasteiger charge is -2.18. The summed E-state index contributed by atoms with van der Waals surface area (Å²) in [6.07, 6.45) is 4.44. The lowest BCUT2D eigenvalue weighted by Crippen LogP contribution is -2.26. The number of carbonyl (C=O) groups is 1. The minimum atomic E-state index is -0.288. The number of imidazole rings is 1. The van der Waals surface area contributed by atoms with Crippen LogP contribution in [0.1, 0.15) is 43.0 Å². The molecule has 1 amide bonds. The third-order valence-electron chi connectivity index (χ3n) is 3.15. The fraction of sp³-hybridized carbons (Fsp3) is 0.636. The van der Waals surface area contributed by atoms with Crippen LogP contribution in [0.2, 0.25) is 0 Å². The summed E-state index contributed by atoms with van der Waals surface area (Å²) in [6.45, 7) is 3.78. The minimum absolute atomic E-state index is 0.278. The van der Waals surface area contributed by atoms with E-state index in [1.807, 2.05) is 18.4 Å². The monoisotopic (exact) mass is 207 g/mol. The second kappa shape index (κ2) is 3.68. The van der Waals surface area contributed by atoms with Gasteiger partial charge in [-0.1, -0.05) is 0 Å². The van der Waals surface area contributed by atoms with Crippen molar-refractivity contribution in [1.29, 1.82) is 0 Å². The summed E-state index contributed by atoms with van der Waals surface area (Å²) in [5, 5.41) is 0. The van der Waals surface area contributed by atoms with Crippen LogP contribution in [0.5, 0.6) is 0 Å². The number of nitrogens with zero attached hydrogens (tertiary/aromatic N) is 2. The number of hydrogen-bond donors (Lipinski definition) is 1. The van der Waals surface area contributed by atoms with Crippen LogP contribution in [0, 0.1) is 6.92 Å². The predicted molar refractivity (Wildman–Crippen MR) is 57.5 cm³/mol. The van der Waals surface area contributed by atoms with Gasteiger partial charge in [-0.15, -0.1) is 0 Å². The van der Waals surface area contributed by atoms with Crippen molar-refractivity contribution in [2.75, 3.05) is 0 Å². The molecule has 0 saturated carbocycles. The van der Waals surface area contributed by atoms with E-state index in [4.69, 9.17) is 5.73 Å². The lowest BCUT2D eigenvalue weighted by molar-refractivity contribution is -0.120. The van der Waals surface area contributed by atoms with Crippen LogP contribution >= 0.6 is 0 Å². The van der Waals surface area contributed by atoms with Gasteiger partial charge in [-0.25, -0.2) is 4.98 Å². The Labute approximate surface area is 89.5 Å². The van der Waals surface area contributed by atoms with Crippen molar-refractivity contribution in [3.63, 3.8) is 0 Å². The van der Waals surface area contributed by atoms with Gasteiger partial charge in [0.05, 0.1) is 5.69 Å². The molecule has 1 atom stereocenters. The third kappa shape index (κ3) is 1.64. The molecule has 1 aliphatic carbocycles. The normalized spacial score (nSPS) is 17.2. The van der Waals surface area contributed by atoms with E-state index in [1.54, 1.807) is 0 Å². The van der Waals surface area contributed by atoms with Gasteiger partial charge in [0.15, 0.2) is 0 Å². The lowest BCUT2D eigenvalue weighted by atomic mass is 10.0. The Hall–Kier alpha value is -1.32. The summed E-state index contributed by atoms with van der Waals surface area (Å²) in [6, 6.07) is -0.278. The van der Waals surface area contributed by atoms with Gasteiger partial charge < -0.3 is 10.3 Å². The van der Waals surface area contributed by atoms with Crippen molar-refractivity contribution in [2.24, 2.45) is 5.73 Å². The number of carbonyl (C=O) groups excluding carboxylic acids is 1. The number of amides is 1. The first-order valence-corrected chi connectivity index (χ1v) is 5.47. The van der Waals surface area contributed by atoms with Crippen LogP contribution in [-0.4, -0.2) is 15.5 Å². The highest BCUT2D eigenvalue weighted by Gasteiger charge is 2.23. The van der Waals surface area contributed by atoms with Crippen LogP contribution in [-0.2, 0) is 17.6 Å². The van der Waals surface area contributed by atoms with Crippen LogP contribution in [0.25, 0.3) is 0 Å². The van der Waals surface area contributed by atoms with Gasteiger partial charge in [-0.2, -0.15) is 0 Å². The van der Waals surface area contributed by atoms with E-state index in [-0.39, 0.29) is 11.9 Å². The average molecular weight is 207 g/mol. The number of hydrogen-bond acceptors (Lipinski definition) is 2. The van der Waals surface area contributed by atoms with E-state index in [0.717, 1.165) is 24.4 Å². The van der Waals surface area contributed by atoms with Crippen molar-refractivity contribution in [3.05, 3.63) is 17.2 Å². The minimum Gasteiger partial charge on any atom is -0.368 e. The topological polar surface area (TPSA) is 60.9 Å². The van der Waals surface area contributed by atoms with Crippen molar-refractivity contribution < 1.29 is 4.79 Å². The molecule has 0 aromatic carbocycles. The summed E-state index contributed by atoms with van der Waals surface area (Å²) in [7, 11) is 0. The molecule has 15 heavy (non-hydrogen) atoms. The molecule has 1 unspecified atom stereocenters. The fourth-order valence-electron chi connectivity index (χ4n) is 2.34. The molecular formula is C11H17N3O. The van der Waals surface area contributed by atoms with Crippen molar-refractivity contribution >= 4 is 5.91 Å². The first-order valence-electron chi connectivity index (χ1n) is 5.47. The van der Waals surface area contributed by atoms with Crippen molar-refractivity contribution in [3.8, 4) is 0 Å². The zero-order chi connectivity index (χ0) is 11.0. The molecule has 82 valence electrons. The summed E-state index contributed by atoms with van der Waals surface area (Å²) < 4.78 is 2.00. The maximum Gasteiger partial charge on any atom is 0.240 e. The van der Waals surface area contributed by atoms with Crippen LogP contribution in [0.15, 0.2) is 0 Å². The van der Waals surface area contributed by atoms with Gasteiger partial charge >= 0.3 is 0 Å². The second-order valence-corrected chi connectivity index (χ2v) is 4.21. The van der Waals surface area contributed by atoms with Crippen LogP contribution in [0.4, 0.5) is 0 Å². The Morgan fingerprint density at radius 3 is 2.80 bits per heavy atom. The molecular weight excluding hydrogens is 190 g/mol. The Bertz CT molecular complexity index is 395. The molecule has 0 aliphatic heterocycles. The summed E-state index contributed by atoms with van der Waals surface area (Å²) in [4.78, 5) is 15.7. The molecule has 1 aliphatic rings. The molecule has 4 nitrogen and oxygen atoms in total. The van der Waals surface area contributed by atoms with Gasteiger partial charge in [-0.05, 0) is 39.5 Å². The molecule has 0 spiro atoms. The Morgan fingerprint density at radius 1 is 1.47 bits per heavy atom. The first-order chi connectivity index (χ1) is 7.11. The molecule has 1 heterocycles. The highest BCUT2D eigenvalue weighted by atomic mass is 16.1. The van der Waals surface area contributed by atoms with E-state index in [0.29, 0.717) is 0 Å². The zero-order valence-corrected chi connectivity index (χ0v) is 9.29. The van der Waals surface area contributed by atoms with Gasteiger partial charge in [0, 0.05) is 5.69 Å². The number of aromatic nitrogens is 2. The molecule has 1 aromatic rings. The number of rotatable bonds is 2. The quantitative estimate of drug-likeness (QED) is 0.789. The highest BCUT2D eigenvalue weighted by molar-refractivity contribution is 5.78. The Kier molecular flexibility index (Phi) is 2.50. The van der Waals surface area contributed by atoms with Gasteiger partial charge in [0.1, 0.15) is 11.9 Å². The maximum absolute atomic E-state index is 11.2. The summed E-state index contributed by atoms with van der Waals surface area (Å²) >= 11 is 0. The molecule has 2 N–H and O–H groups in total. The number of aryl methyl sites for hydroxylation is 2. The molecule has 1 aromatic heterocycles. The Balaban J connectivity index is 2.46. The third-order valence-corrected chi connectivity index (χ3v) is 3.15. The summed E-state index contributed by atoms with van der Waals surface area (Å²) in [5.74, 6) is 0.622. The van der Waals surface area contributed by atoms with Crippen molar-refractivity contribution in [1.82, 2.24) is 9.55 Å². The van der Waals surface area contributed by atoms with Crippen LogP contribution in [0.3, 0.4) is 0 Å². The number of primary amides is 1. The number of nitrogens with two attached hydrogens (primary N) is 1. The predicted octanol–water partition coefficient (Wildman–Crippen LogP) is 1.12. The van der Waals surface area contributed by atoms with E-state index in [9.17, 15) is 4.79 Å². The molecule has 2 rings (SSSR count). The highest BCUT2D eigenvalue weighted by Crippen LogP contribution is 2.25. The molecule has 0 bridgehead atoms. The maximum atomic E-state index is 11.2. The van der Waals surface area contributed by atoms with E-state index in [2.05, 4.69) is 4.98 Å². The van der Waals surface area contributed by atoms with Gasteiger partial charge in [0.25, 0.3) is 0 Å². The number of fused-ring (bicyclic) bond motifs is 1. The van der Waals surface area contributed by atoms with E-state index in [1.165, 1.54) is 18.5 Å². The van der Waals surface area contributed by atoms with E-state index >= 15 is 0 Å². The molecule has 0 saturated heterocycles. The zero-order valence-electron chi connectivity index (χ0n) is 9.29. The summed E-state index contributed by atoms with van der Waals surface area (Å²) in [5.41, 5.74) is 7.71. The van der Waals surface area contributed by atoms with E-state index < -0.39 is 0 Å². The largest absolute Gasteiger partial charge is 0.368 e. The standard InChI is InChI=1S/C11H17N3O/c1-7(11(12)15)14-8(2)13-9-5-3-4-6-10(9)14/h7H,3-6H2,1-2H3,(H2,12,15). The van der Waals surface area contributed by atoms with Crippen LogP contribution < -0.4 is 5.73 Å². The Morgan fingerprint density at radius 2 is 2.13 bits per heavy atom. The molecule has 0 fully saturated rings. The first kappa shape index (κ1) is 10.2. The second-order valence-electron chi connectivity index (χ2n) is 4.21. The fourth-order valence-corrected chi connectivity index (χ4v) is 2.34. The van der Waals surface area contributed by atoms with Crippen molar-refractivity contribution in [2.45, 2.75) is 45.6 Å². The molecule has 0 radical (unpaired) electrons.